The van der Waals surface area contributed by atoms with Gasteiger partial charge in [0, 0.05) is 5.92 Å². The number of aliphatic hydroxyl groups excluding tert-OH is 1. The highest BCUT2D eigenvalue weighted by molar-refractivity contribution is 7.81. The van der Waals surface area contributed by atoms with Crippen molar-refractivity contribution in [1.82, 2.24) is 0 Å². The SMILES string of the molecule is CC(C)/C(O)=C(\C#N)C(=S)Nc1ccccc1F. The van der Waals surface area contributed by atoms with Crippen LogP contribution in [0.4, 0.5) is 10.1 Å². The quantitative estimate of drug-likeness (QED) is 0.379. The number of allylic oxidation sites excluding steroid dienone is 1. The molecule has 0 radical (unpaired) electrons. The van der Waals surface area contributed by atoms with E-state index in [2.05, 4.69) is 5.32 Å². The maximum atomic E-state index is 13.4. The summed E-state index contributed by atoms with van der Waals surface area (Å²) in [5.74, 6) is -0.799. The third-order valence-electron chi connectivity index (χ3n) is 2.26. The minimum absolute atomic E-state index is 0.00815. The normalized spacial score (nSPS) is 11.7. The van der Waals surface area contributed by atoms with Crippen LogP contribution in [0.1, 0.15) is 13.8 Å². The van der Waals surface area contributed by atoms with E-state index in [0.717, 1.165) is 0 Å². The van der Waals surface area contributed by atoms with E-state index in [1.54, 1.807) is 26.0 Å². The number of rotatable bonds is 3. The molecule has 0 bridgehead atoms. The Morgan fingerprint density at radius 3 is 2.56 bits per heavy atom. The molecule has 2 N–H and O–H groups in total. The molecule has 5 heteroatoms. The van der Waals surface area contributed by atoms with E-state index < -0.39 is 5.82 Å². The molecule has 0 aromatic heterocycles. The molecule has 1 aromatic rings. The molecule has 0 saturated heterocycles. The monoisotopic (exact) mass is 264 g/mol. The second-order valence-electron chi connectivity index (χ2n) is 3.96. The number of thiocarbonyl (C=S) groups is 1. The number of para-hydroxylation sites is 1. The lowest BCUT2D eigenvalue weighted by Gasteiger charge is -2.11. The van der Waals surface area contributed by atoms with Crippen LogP contribution < -0.4 is 5.32 Å². The molecule has 18 heavy (non-hydrogen) atoms. The first-order chi connectivity index (χ1) is 8.47. The molecule has 0 atom stereocenters. The largest absolute Gasteiger partial charge is 0.511 e. The minimum Gasteiger partial charge on any atom is -0.511 e. The Labute approximate surface area is 111 Å². The Balaban J connectivity index is 3.00. The lowest BCUT2D eigenvalue weighted by molar-refractivity contribution is 0.350. The van der Waals surface area contributed by atoms with Gasteiger partial charge in [0.25, 0.3) is 0 Å². The number of nitriles is 1. The Bertz CT molecular complexity index is 532. The van der Waals surface area contributed by atoms with Gasteiger partial charge in [0.2, 0.25) is 0 Å². The van der Waals surface area contributed by atoms with Gasteiger partial charge in [-0.05, 0) is 12.1 Å². The zero-order valence-corrected chi connectivity index (χ0v) is 10.9. The summed E-state index contributed by atoms with van der Waals surface area (Å²) in [7, 11) is 0. The van der Waals surface area contributed by atoms with Crippen LogP contribution in [0.3, 0.4) is 0 Å². The van der Waals surface area contributed by atoms with E-state index in [1.165, 1.54) is 12.1 Å². The second kappa shape index (κ2) is 6.12. The summed E-state index contributed by atoms with van der Waals surface area (Å²) in [6, 6.07) is 7.81. The lowest BCUT2D eigenvalue weighted by atomic mass is 10.1. The standard InChI is InChI=1S/C13H13FN2OS/c1-8(2)12(17)9(7-15)13(18)16-11-6-4-3-5-10(11)14/h3-6,8,17H,1-2H3,(H,16,18)/b12-9-. The van der Waals surface area contributed by atoms with Crippen LogP contribution in [-0.2, 0) is 0 Å². The van der Waals surface area contributed by atoms with E-state index in [4.69, 9.17) is 17.5 Å². The van der Waals surface area contributed by atoms with Gasteiger partial charge >= 0.3 is 0 Å². The molecule has 0 unspecified atom stereocenters. The molecule has 1 aromatic carbocycles. The Morgan fingerprint density at radius 1 is 1.44 bits per heavy atom. The van der Waals surface area contributed by atoms with E-state index in [9.17, 15) is 9.50 Å². The van der Waals surface area contributed by atoms with Crippen LogP contribution in [0.5, 0.6) is 0 Å². The first-order valence-electron chi connectivity index (χ1n) is 5.36. The van der Waals surface area contributed by atoms with Crippen molar-refractivity contribution in [2.45, 2.75) is 13.8 Å². The first kappa shape index (κ1) is 14.1. The van der Waals surface area contributed by atoms with Gasteiger partial charge < -0.3 is 10.4 Å². The van der Waals surface area contributed by atoms with Gasteiger partial charge in [-0.15, -0.1) is 0 Å². The molecular weight excluding hydrogens is 251 g/mol. The van der Waals surface area contributed by atoms with Gasteiger partial charge in [0.1, 0.15) is 28.2 Å². The van der Waals surface area contributed by atoms with Gasteiger partial charge in [0.15, 0.2) is 0 Å². The van der Waals surface area contributed by atoms with Crippen LogP contribution in [0.25, 0.3) is 0 Å². The average molecular weight is 264 g/mol. The van der Waals surface area contributed by atoms with Crippen molar-refractivity contribution < 1.29 is 9.50 Å². The number of nitrogens with zero attached hydrogens (tertiary/aromatic N) is 1. The fraction of sp³-hybridized carbons (Fsp3) is 0.231. The van der Waals surface area contributed by atoms with Gasteiger partial charge in [-0.3, -0.25) is 0 Å². The Hall–Kier alpha value is -1.93. The average Bonchev–Trinajstić information content (AvgIpc) is 2.32. The number of hydrogen-bond acceptors (Lipinski definition) is 3. The van der Waals surface area contributed by atoms with Crippen LogP contribution in [-0.4, -0.2) is 10.1 Å². The van der Waals surface area contributed by atoms with E-state index >= 15 is 0 Å². The lowest BCUT2D eigenvalue weighted by Crippen LogP contribution is -2.15. The fourth-order valence-corrected chi connectivity index (χ4v) is 1.52. The van der Waals surface area contributed by atoms with Crippen LogP contribution in [0.15, 0.2) is 35.6 Å². The van der Waals surface area contributed by atoms with Crippen molar-refractivity contribution in [3.63, 3.8) is 0 Å². The number of hydrogen-bond donors (Lipinski definition) is 2. The molecule has 0 aliphatic heterocycles. The topological polar surface area (TPSA) is 56.0 Å². The summed E-state index contributed by atoms with van der Waals surface area (Å²) in [5.41, 5.74) is 0.134. The number of anilines is 1. The molecule has 3 nitrogen and oxygen atoms in total. The van der Waals surface area contributed by atoms with Gasteiger partial charge in [-0.2, -0.15) is 5.26 Å². The van der Waals surface area contributed by atoms with Crippen LogP contribution in [0, 0.1) is 23.1 Å². The molecule has 1 rings (SSSR count). The molecule has 0 saturated carbocycles. The fourth-order valence-electron chi connectivity index (χ4n) is 1.26. The summed E-state index contributed by atoms with van der Waals surface area (Å²) in [5, 5.41) is 21.3. The smallest absolute Gasteiger partial charge is 0.146 e. The molecule has 0 fully saturated rings. The summed E-state index contributed by atoms with van der Waals surface area (Å²) < 4.78 is 13.4. The van der Waals surface area contributed by atoms with Crippen molar-refractivity contribution in [2.24, 2.45) is 5.92 Å². The van der Waals surface area contributed by atoms with Crippen molar-refractivity contribution in [1.29, 1.82) is 5.26 Å². The predicted octanol–water partition coefficient (Wildman–Crippen LogP) is 3.56. The molecule has 0 amide bonds. The number of aliphatic hydroxyl groups is 1. The Kier molecular flexibility index (Phi) is 4.81. The van der Waals surface area contributed by atoms with Crippen molar-refractivity contribution in [3.05, 3.63) is 41.4 Å². The highest BCUT2D eigenvalue weighted by Crippen LogP contribution is 2.17. The summed E-state index contributed by atoms with van der Waals surface area (Å²) in [6.45, 7) is 3.47. The van der Waals surface area contributed by atoms with Crippen molar-refractivity contribution >= 4 is 22.9 Å². The molecule has 0 aliphatic carbocycles. The highest BCUT2D eigenvalue weighted by atomic mass is 32.1. The molecule has 0 spiro atoms. The number of halogens is 1. The second-order valence-corrected chi connectivity index (χ2v) is 4.37. The predicted molar refractivity (Wildman–Crippen MR) is 72.7 cm³/mol. The number of benzene rings is 1. The van der Waals surface area contributed by atoms with Gasteiger partial charge in [-0.25, -0.2) is 4.39 Å². The molecule has 0 heterocycles. The molecule has 0 aliphatic rings. The van der Waals surface area contributed by atoms with Gasteiger partial charge in [0.05, 0.1) is 5.69 Å². The van der Waals surface area contributed by atoms with E-state index in [-0.39, 0.29) is 27.9 Å². The van der Waals surface area contributed by atoms with E-state index in [0.29, 0.717) is 0 Å². The third-order valence-corrected chi connectivity index (χ3v) is 2.57. The highest BCUT2D eigenvalue weighted by Gasteiger charge is 2.15. The van der Waals surface area contributed by atoms with Gasteiger partial charge in [-0.1, -0.05) is 38.2 Å². The number of nitrogens with one attached hydrogen (secondary N) is 1. The van der Waals surface area contributed by atoms with E-state index in [1.807, 2.05) is 6.07 Å². The third kappa shape index (κ3) is 3.28. The molecule has 94 valence electrons. The van der Waals surface area contributed by atoms with Crippen molar-refractivity contribution in [3.8, 4) is 6.07 Å². The zero-order valence-electron chi connectivity index (χ0n) is 10.1. The maximum absolute atomic E-state index is 13.4. The molecular formula is C13H13FN2OS. The van der Waals surface area contributed by atoms with Crippen molar-refractivity contribution in [2.75, 3.05) is 5.32 Å². The summed E-state index contributed by atoms with van der Waals surface area (Å²) in [4.78, 5) is 0.00815. The van der Waals surface area contributed by atoms with Crippen LogP contribution in [0.2, 0.25) is 0 Å². The summed E-state index contributed by atoms with van der Waals surface area (Å²) >= 11 is 4.99. The maximum Gasteiger partial charge on any atom is 0.146 e. The first-order valence-corrected chi connectivity index (χ1v) is 5.77. The summed E-state index contributed by atoms with van der Waals surface area (Å²) in [6.07, 6.45) is 0. The minimum atomic E-state index is -0.471. The van der Waals surface area contributed by atoms with Crippen LogP contribution >= 0.6 is 12.2 Å². The zero-order chi connectivity index (χ0) is 13.7. The Morgan fingerprint density at radius 2 is 2.06 bits per heavy atom.